The van der Waals surface area contributed by atoms with Crippen molar-refractivity contribution >= 4 is 33.2 Å². The van der Waals surface area contributed by atoms with Crippen LogP contribution in [0.4, 0.5) is 10.1 Å². The Bertz CT molecular complexity index is 1370. The van der Waals surface area contributed by atoms with Crippen molar-refractivity contribution in [2.45, 2.75) is 68.8 Å². The van der Waals surface area contributed by atoms with Gasteiger partial charge in [0.2, 0.25) is 10.0 Å². The van der Waals surface area contributed by atoms with Gasteiger partial charge in [0.1, 0.15) is 5.82 Å². The van der Waals surface area contributed by atoms with Crippen molar-refractivity contribution in [3.63, 3.8) is 0 Å². The first kappa shape index (κ1) is 30.2. The van der Waals surface area contributed by atoms with Gasteiger partial charge in [-0.1, -0.05) is 54.6 Å². The maximum absolute atomic E-state index is 15.2. The minimum absolute atomic E-state index is 0.0206. The Morgan fingerprint density at radius 3 is 2.55 bits per heavy atom. The summed E-state index contributed by atoms with van der Waals surface area (Å²) < 4.78 is 43.3. The Hall–Kier alpha value is -2.77. The summed E-state index contributed by atoms with van der Waals surface area (Å²) in [6.07, 6.45) is 3.57. The van der Waals surface area contributed by atoms with E-state index in [0.29, 0.717) is 48.6 Å². The molecule has 40 heavy (non-hydrogen) atoms. The molecule has 7 nitrogen and oxygen atoms in total. The highest BCUT2D eigenvalue weighted by molar-refractivity contribution is 7.90. The van der Waals surface area contributed by atoms with Crippen molar-refractivity contribution < 1.29 is 17.6 Å². The predicted octanol–water partition coefficient (Wildman–Crippen LogP) is 5.44. The zero-order valence-corrected chi connectivity index (χ0v) is 24.5. The van der Waals surface area contributed by atoms with E-state index in [4.69, 9.17) is 18.2 Å². The molecule has 1 amide bonds. The zero-order chi connectivity index (χ0) is 29.0. The maximum atomic E-state index is 15.2. The van der Waals surface area contributed by atoms with Crippen LogP contribution >= 0.6 is 11.6 Å². The zero-order valence-electron chi connectivity index (χ0n) is 22.9. The van der Waals surface area contributed by atoms with Crippen LogP contribution in [0.25, 0.3) is 4.85 Å². The topological polar surface area (TPSA) is 82.9 Å². The van der Waals surface area contributed by atoms with Crippen LogP contribution in [0, 0.1) is 18.3 Å². The third-order valence-electron chi connectivity index (χ3n) is 7.78. The van der Waals surface area contributed by atoms with E-state index in [1.807, 2.05) is 26.0 Å². The van der Waals surface area contributed by atoms with Crippen LogP contribution in [0.5, 0.6) is 0 Å². The summed E-state index contributed by atoms with van der Waals surface area (Å²) in [4.78, 5) is 17.4. The van der Waals surface area contributed by atoms with Crippen molar-refractivity contribution in [2.75, 3.05) is 18.4 Å². The van der Waals surface area contributed by atoms with Crippen LogP contribution in [0.1, 0.15) is 50.2 Å². The quantitative estimate of drug-likeness (QED) is 0.343. The van der Waals surface area contributed by atoms with Gasteiger partial charge in [-0.25, -0.2) is 12.8 Å². The number of amides is 1. The molecule has 0 radical (unpaired) electrons. The molecule has 4 unspecified atom stereocenters. The molecule has 2 aliphatic rings. The first-order valence-corrected chi connectivity index (χ1v) is 15.6. The largest absolute Gasteiger partial charge is 0.355 e. The van der Waals surface area contributed by atoms with E-state index in [1.165, 1.54) is 12.1 Å². The summed E-state index contributed by atoms with van der Waals surface area (Å²) in [5.41, 5.74) is 1.49. The van der Waals surface area contributed by atoms with E-state index in [2.05, 4.69) is 22.1 Å². The number of hydrogen-bond donors (Lipinski definition) is 2. The van der Waals surface area contributed by atoms with Gasteiger partial charge in [-0.2, -0.15) is 4.31 Å². The molecule has 10 heteroatoms. The summed E-state index contributed by atoms with van der Waals surface area (Å²) in [5.74, 6) is -1.23. The smallest absolute Gasteiger partial charge is 0.319 e. The van der Waals surface area contributed by atoms with Crippen LogP contribution in [-0.4, -0.2) is 55.1 Å². The lowest BCUT2D eigenvalue weighted by Crippen LogP contribution is -2.59. The van der Waals surface area contributed by atoms with E-state index >= 15 is 4.39 Å². The normalized spacial score (nSPS) is 21.4. The molecule has 2 fully saturated rings. The second-order valence-corrected chi connectivity index (χ2v) is 13.5. The van der Waals surface area contributed by atoms with Crippen molar-refractivity contribution in [1.29, 1.82) is 0 Å². The number of carbonyl (C=O) groups is 1. The lowest BCUT2D eigenvalue weighted by molar-refractivity contribution is -0.117. The fraction of sp³-hybridized carbons (Fsp3) is 0.467. The summed E-state index contributed by atoms with van der Waals surface area (Å²) >= 11 is 6.06. The second-order valence-electron chi connectivity index (χ2n) is 10.9. The van der Waals surface area contributed by atoms with E-state index < -0.39 is 27.8 Å². The summed E-state index contributed by atoms with van der Waals surface area (Å²) in [6, 6.07) is 10.1. The summed E-state index contributed by atoms with van der Waals surface area (Å²) in [6.45, 7) is 14.5. The van der Waals surface area contributed by atoms with Crippen LogP contribution in [0.2, 0.25) is 5.02 Å². The lowest BCUT2D eigenvalue weighted by atomic mass is 9.82. The van der Waals surface area contributed by atoms with Gasteiger partial charge in [0, 0.05) is 35.4 Å². The predicted molar refractivity (Wildman–Crippen MR) is 159 cm³/mol. The number of carbonyl (C=O) groups excluding carboxylic acids is 1. The number of halogens is 2. The molecule has 1 saturated heterocycles. The molecular formula is C30H37ClFN4O3S+. The molecule has 2 aromatic carbocycles. The lowest BCUT2D eigenvalue weighted by Gasteiger charge is -2.40. The molecule has 0 bridgehead atoms. The van der Waals surface area contributed by atoms with Gasteiger partial charge in [0.05, 0.1) is 17.2 Å². The molecule has 4 atom stereocenters. The van der Waals surface area contributed by atoms with Crippen LogP contribution in [0.3, 0.4) is 0 Å². The monoisotopic (exact) mass is 587 g/mol. The van der Waals surface area contributed by atoms with Gasteiger partial charge in [-0.3, -0.25) is 4.79 Å². The molecule has 1 saturated carbocycles. The first-order chi connectivity index (χ1) is 19.1. The van der Waals surface area contributed by atoms with E-state index in [0.717, 1.165) is 5.56 Å². The van der Waals surface area contributed by atoms with E-state index in [-0.39, 0.29) is 35.6 Å². The van der Waals surface area contributed by atoms with Crippen LogP contribution in [-0.2, 0) is 21.2 Å². The molecule has 214 valence electrons. The molecule has 1 heterocycles. The minimum Gasteiger partial charge on any atom is -0.319 e. The SMILES string of the molecule is C#[N+]C(C(=O)Nc1cccc(F)c1CCC1CNCC(C=C)N1S(=O)(=O)C1CC1)C(c1ccc(Cl)cc1)C(C)C. The average Bonchev–Trinajstić information content (AvgIpc) is 3.78. The summed E-state index contributed by atoms with van der Waals surface area (Å²) in [7, 11) is -3.48. The molecule has 1 aliphatic carbocycles. The van der Waals surface area contributed by atoms with Crippen LogP contribution in [0.15, 0.2) is 55.1 Å². The third kappa shape index (κ3) is 6.58. The minimum atomic E-state index is -3.48. The Morgan fingerprint density at radius 1 is 1.25 bits per heavy atom. The van der Waals surface area contributed by atoms with Gasteiger partial charge in [-0.05, 0) is 61.4 Å². The third-order valence-corrected chi connectivity index (χ3v) is 10.5. The first-order valence-electron chi connectivity index (χ1n) is 13.7. The highest BCUT2D eigenvalue weighted by atomic mass is 35.5. The molecule has 4 rings (SSSR count). The number of rotatable bonds is 11. The Morgan fingerprint density at radius 2 is 1.95 bits per heavy atom. The number of nitrogens with one attached hydrogen (secondary N) is 2. The number of anilines is 1. The van der Waals surface area contributed by atoms with E-state index in [1.54, 1.807) is 28.6 Å². The number of piperazine rings is 1. The van der Waals surface area contributed by atoms with Gasteiger partial charge < -0.3 is 10.6 Å². The van der Waals surface area contributed by atoms with Gasteiger partial charge in [0.15, 0.2) is 0 Å². The van der Waals surface area contributed by atoms with Crippen molar-refractivity contribution in [2.24, 2.45) is 5.92 Å². The van der Waals surface area contributed by atoms with Crippen molar-refractivity contribution in [1.82, 2.24) is 9.62 Å². The fourth-order valence-electron chi connectivity index (χ4n) is 5.59. The second kappa shape index (κ2) is 12.8. The number of nitrogens with zero attached hydrogens (tertiary/aromatic N) is 2. The summed E-state index contributed by atoms with van der Waals surface area (Å²) in [5, 5.41) is 6.36. The van der Waals surface area contributed by atoms with Gasteiger partial charge in [0.25, 0.3) is 6.57 Å². The molecular weight excluding hydrogens is 551 g/mol. The Labute approximate surface area is 241 Å². The molecule has 0 aromatic heterocycles. The van der Waals surface area contributed by atoms with Gasteiger partial charge >= 0.3 is 11.9 Å². The highest BCUT2D eigenvalue weighted by Crippen LogP contribution is 2.36. The molecule has 2 N–H and O–H groups in total. The maximum Gasteiger partial charge on any atom is 0.355 e. The molecule has 1 aliphatic heterocycles. The van der Waals surface area contributed by atoms with Crippen molar-refractivity contribution in [3.8, 4) is 6.57 Å². The molecule has 0 spiro atoms. The van der Waals surface area contributed by atoms with Gasteiger partial charge in [-0.15, -0.1) is 6.58 Å². The number of sulfonamides is 1. The fourth-order valence-corrected chi connectivity index (χ4v) is 7.92. The number of benzene rings is 2. The average molecular weight is 588 g/mol. The van der Waals surface area contributed by atoms with Crippen LogP contribution < -0.4 is 10.6 Å². The molecule has 2 aromatic rings. The number of hydrogen-bond acceptors (Lipinski definition) is 4. The highest BCUT2D eigenvalue weighted by Gasteiger charge is 2.46. The van der Waals surface area contributed by atoms with E-state index in [9.17, 15) is 13.2 Å². The Kier molecular flexibility index (Phi) is 9.68. The standard InChI is InChI=1S/C30H36ClFN4O3S/c1-5-22-17-34-18-23(36(22)40(38,39)24-14-15-24)13-16-25-26(32)7-6-8-27(25)35-30(37)29(33-4)28(19(2)3)20-9-11-21(31)12-10-20/h4-12,19,22-24,28-29,34H,1,13-18H2,2-3H3/p+1. The van der Waals surface area contributed by atoms with Crippen molar-refractivity contribution in [3.05, 3.63) is 81.9 Å². The Balaban J connectivity index is 1.55.